The Morgan fingerprint density at radius 1 is 1.24 bits per heavy atom. The van der Waals surface area contributed by atoms with Gasteiger partial charge in [-0.05, 0) is 26.0 Å². The molecule has 3 rings (SSSR count). The molecule has 0 spiro atoms. The second-order valence-corrected chi connectivity index (χ2v) is 5.76. The number of nitrogens with zero attached hydrogens (tertiary/aromatic N) is 1. The van der Waals surface area contributed by atoms with E-state index in [1.54, 1.807) is 36.9 Å². The normalized spacial score (nSPS) is 23.7. The smallest absolute Gasteiger partial charge is 0.251 e. The minimum absolute atomic E-state index is 0.0809. The minimum Gasteiger partial charge on any atom is -0.348 e. The molecule has 7 heteroatoms. The van der Waals surface area contributed by atoms with Crippen molar-refractivity contribution in [3.63, 3.8) is 0 Å². The molecule has 1 fully saturated rings. The molecule has 3 amide bonds. The summed E-state index contributed by atoms with van der Waals surface area (Å²) >= 11 is 0. The molecule has 4 N–H and O–H groups in total. The van der Waals surface area contributed by atoms with Gasteiger partial charge in [0, 0.05) is 16.9 Å². The lowest BCUT2D eigenvalue weighted by atomic mass is 9.97. The van der Waals surface area contributed by atoms with E-state index in [1.807, 2.05) is 0 Å². The van der Waals surface area contributed by atoms with E-state index < -0.39 is 11.6 Å². The van der Waals surface area contributed by atoms with Gasteiger partial charge < -0.3 is 16.0 Å². The standard InChI is InChI=1S/C14H16N4O3/c1-14(2)13(21)17-10(19)6-18(14)7-3-4-8-9(5-7)16-12(20)11(8)15/h3-5,11H,6,15H2,1-2H3,(H,16,20)(H,17,19,21). The predicted octanol–water partition coefficient (Wildman–Crippen LogP) is -0.120. The summed E-state index contributed by atoms with van der Waals surface area (Å²) in [5.74, 6) is -0.950. The highest BCUT2D eigenvalue weighted by atomic mass is 16.2. The van der Waals surface area contributed by atoms with Crippen molar-refractivity contribution in [1.82, 2.24) is 5.32 Å². The van der Waals surface area contributed by atoms with Gasteiger partial charge >= 0.3 is 0 Å². The second-order valence-electron chi connectivity index (χ2n) is 5.76. The summed E-state index contributed by atoms with van der Waals surface area (Å²) in [4.78, 5) is 36.9. The topological polar surface area (TPSA) is 105 Å². The maximum Gasteiger partial charge on any atom is 0.251 e. The number of carbonyl (C=O) groups excluding carboxylic acids is 3. The van der Waals surface area contributed by atoms with Crippen molar-refractivity contribution in [1.29, 1.82) is 0 Å². The fraction of sp³-hybridized carbons (Fsp3) is 0.357. The number of amides is 3. The molecule has 0 bridgehead atoms. The van der Waals surface area contributed by atoms with E-state index in [4.69, 9.17) is 5.73 Å². The van der Waals surface area contributed by atoms with E-state index in [1.165, 1.54) is 0 Å². The van der Waals surface area contributed by atoms with E-state index in [0.29, 0.717) is 16.9 Å². The summed E-state index contributed by atoms with van der Waals surface area (Å²) < 4.78 is 0. The molecule has 0 aliphatic carbocycles. The van der Waals surface area contributed by atoms with Gasteiger partial charge in [-0.3, -0.25) is 19.7 Å². The van der Waals surface area contributed by atoms with E-state index in [0.717, 1.165) is 0 Å². The van der Waals surface area contributed by atoms with Crippen molar-refractivity contribution in [2.24, 2.45) is 5.73 Å². The van der Waals surface area contributed by atoms with Crippen LogP contribution in [0.4, 0.5) is 11.4 Å². The molecule has 0 radical (unpaired) electrons. The summed E-state index contributed by atoms with van der Waals surface area (Å²) in [5.41, 5.74) is 6.95. The van der Waals surface area contributed by atoms with Crippen molar-refractivity contribution >= 4 is 29.1 Å². The molecule has 2 heterocycles. The molecule has 2 aliphatic heterocycles. The second kappa shape index (κ2) is 4.29. The van der Waals surface area contributed by atoms with Gasteiger partial charge in [0.25, 0.3) is 5.91 Å². The van der Waals surface area contributed by atoms with Gasteiger partial charge in [0.1, 0.15) is 11.6 Å². The Labute approximate surface area is 121 Å². The first-order valence-corrected chi connectivity index (χ1v) is 6.63. The maximum atomic E-state index is 12.0. The fourth-order valence-corrected chi connectivity index (χ4v) is 2.64. The lowest BCUT2D eigenvalue weighted by Gasteiger charge is -2.41. The first-order chi connectivity index (χ1) is 9.80. The molecule has 0 aromatic heterocycles. The molecular formula is C14H16N4O3. The predicted molar refractivity (Wildman–Crippen MR) is 76.6 cm³/mol. The monoisotopic (exact) mass is 288 g/mol. The first-order valence-electron chi connectivity index (χ1n) is 6.63. The molecule has 1 aromatic carbocycles. The van der Waals surface area contributed by atoms with E-state index >= 15 is 0 Å². The van der Waals surface area contributed by atoms with Crippen LogP contribution >= 0.6 is 0 Å². The lowest BCUT2D eigenvalue weighted by molar-refractivity contribution is -0.135. The number of hydrogen-bond donors (Lipinski definition) is 3. The average Bonchev–Trinajstić information content (AvgIpc) is 2.69. The molecular weight excluding hydrogens is 272 g/mol. The van der Waals surface area contributed by atoms with Gasteiger partial charge in [-0.15, -0.1) is 0 Å². The first kappa shape index (κ1) is 13.6. The van der Waals surface area contributed by atoms with Crippen LogP contribution in [-0.4, -0.2) is 29.8 Å². The van der Waals surface area contributed by atoms with Crippen molar-refractivity contribution < 1.29 is 14.4 Å². The van der Waals surface area contributed by atoms with Crippen molar-refractivity contribution in [3.05, 3.63) is 23.8 Å². The van der Waals surface area contributed by atoms with E-state index in [2.05, 4.69) is 10.6 Å². The zero-order valence-corrected chi connectivity index (χ0v) is 11.8. The Morgan fingerprint density at radius 3 is 2.67 bits per heavy atom. The Hall–Kier alpha value is -2.41. The molecule has 2 aliphatic rings. The van der Waals surface area contributed by atoms with Gasteiger partial charge in [-0.2, -0.15) is 0 Å². The number of rotatable bonds is 1. The summed E-state index contributed by atoms with van der Waals surface area (Å²) in [7, 11) is 0. The van der Waals surface area contributed by atoms with Crippen LogP contribution < -0.4 is 21.3 Å². The summed E-state index contributed by atoms with van der Waals surface area (Å²) in [6.07, 6.45) is 0. The largest absolute Gasteiger partial charge is 0.348 e. The Bertz CT molecular complexity index is 668. The van der Waals surface area contributed by atoms with Gasteiger partial charge in [0.2, 0.25) is 11.8 Å². The lowest BCUT2D eigenvalue weighted by Crippen LogP contribution is -2.64. The zero-order chi connectivity index (χ0) is 15.4. The number of hydrogen-bond acceptors (Lipinski definition) is 5. The van der Waals surface area contributed by atoms with Crippen molar-refractivity contribution in [2.45, 2.75) is 25.4 Å². The van der Waals surface area contributed by atoms with Crippen LogP contribution in [0.3, 0.4) is 0 Å². The number of carbonyl (C=O) groups is 3. The Morgan fingerprint density at radius 2 is 1.95 bits per heavy atom. The van der Waals surface area contributed by atoms with Crippen LogP contribution in [0.25, 0.3) is 0 Å². The highest BCUT2D eigenvalue weighted by Crippen LogP contribution is 2.35. The third kappa shape index (κ3) is 1.97. The Kier molecular flexibility index (Phi) is 2.77. The van der Waals surface area contributed by atoms with Crippen molar-refractivity contribution in [3.8, 4) is 0 Å². The number of piperazine rings is 1. The average molecular weight is 288 g/mol. The highest BCUT2D eigenvalue weighted by molar-refractivity contribution is 6.07. The summed E-state index contributed by atoms with van der Waals surface area (Å²) in [5, 5.41) is 5.03. The van der Waals surface area contributed by atoms with Gasteiger partial charge in [0.15, 0.2) is 0 Å². The zero-order valence-electron chi connectivity index (χ0n) is 11.8. The van der Waals surface area contributed by atoms with E-state index in [-0.39, 0.29) is 24.3 Å². The number of anilines is 2. The summed E-state index contributed by atoms with van der Waals surface area (Å²) in [6, 6.07) is 4.59. The van der Waals surface area contributed by atoms with Crippen LogP contribution in [0.1, 0.15) is 25.5 Å². The molecule has 1 atom stereocenters. The quantitative estimate of drug-likeness (QED) is 0.625. The minimum atomic E-state index is -0.854. The number of nitrogens with two attached hydrogens (primary N) is 1. The van der Waals surface area contributed by atoms with Crippen LogP contribution in [0, 0.1) is 0 Å². The molecule has 1 saturated heterocycles. The van der Waals surface area contributed by atoms with Crippen LogP contribution in [0.15, 0.2) is 18.2 Å². The van der Waals surface area contributed by atoms with Crippen LogP contribution in [-0.2, 0) is 14.4 Å². The van der Waals surface area contributed by atoms with Crippen LogP contribution in [0.2, 0.25) is 0 Å². The molecule has 21 heavy (non-hydrogen) atoms. The molecule has 1 unspecified atom stereocenters. The van der Waals surface area contributed by atoms with E-state index in [9.17, 15) is 14.4 Å². The van der Waals surface area contributed by atoms with Gasteiger partial charge in [-0.1, -0.05) is 6.07 Å². The third-order valence-electron chi connectivity index (χ3n) is 4.01. The Balaban J connectivity index is 2.01. The summed E-state index contributed by atoms with van der Waals surface area (Å²) in [6.45, 7) is 3.57. The SMILES string of the molecule is CC1(C)C(=O)NC(=O)CN1c1ccc2c(c1)NC(=O)C2N. The van der Waals surface area contributed by atoms with Gasteiger partial charge in [-0.25, -0.2) is 0 Å². The third-order valence-corrected chi connectivity index (χ3v) is 4.01. The number of imide groups is 1. The highest BCUT2D eigenvalue weighted by Gasteiger charge is 2.41. The number of benzene rings is 1. The molecule has 0 saturated carbocycles. The maximum absolute atomic E-state index is 12.0. The molecule has 110 valence electrons. The van der Waals surface area contributed by atoms with Crippen molar-refractivity contribution in [2.75, 3.05) is 16.8 Å². The number of nitrogens with one attached hydrogen (secondary N) is 2. The molecule has 1 aromatic rings. The van der Waals surface area contributed by atoms with Gasteiger partial charge in [0.05, 0.1) is 6.54 Å². The molecule has 7 nitrogen and oxygen atoms in total. The van der Waals surface area contributed by atoms with Crippen LogP contribution in [0.5, 0.6) is 0 Å². The number of fused-ring (bicyclic) bond motifs is 1. The fourth-order valence-electron chi connectivity index (χ4n) is 2.64.